The van der Waals surface area contributed by atoms with Crippen molar-refractivity contribution < 1.29 is 23.0 Å². The molecule has 3 N–H and O–H groups in total. The van der Waals surface area contributed by atoms with Crippen LogP contribution in [0.4, 0.5) is 19.4 Å². The average Bonchev–Trinajstić information content (AvgIpc) is 3.68. The Labute approximate surface area is 272 Å². The number of rotatable bonds is 3. The van der Waals surface area contributed by atoms with Crippen molar-refractivity contribution in [3.8, 4) is 6.01 Å². The minimum Gasteiger partial charge on any atom is -0.461 e. The number of anilines is 1. The summed E-state index contributed by atoms with van der Waals surface area (Å²) in [6, 6.07) is -0.00935. The predicted octanol–water partition coefficient (Wildman–Crippen LogP) is 3.80. The normalized spacial score (nSPS) is 36.6. The van der Waals surface area contributed by atoms with E-state index in [-0.39, 0.29) is 60.0 Å². The summed E-state index contributed by atoms with van der Waals surface area (Å²) in [7, 11) is 0. The fourth-order valence-corrected chi connectivity index (χ4v) is 9.73. The number of amides is 1. The number of alkyl carbamates (subject to hydrolysis) is 1. The van der Waals surface area contributed by atoms with E-state index in [1.54, 1.807) is 6.20 Å². The smallest absolute Gasteiger partial charge is 0.407 e. The number of alkyl halides is 2. The number of fused-ring (bicyclic) bond motifs is 8. The Morgan fingerprint density at radius 2 is 2.04 bits per heavy atom. The maximum atomic E-state index is 17.1. The lowest BCUT2D eigenvalue weighted by molar-refractivity contribution is 0.107. The average molecular weight is 661 g/mol. The van der Waals surface area contributed by atoms with Crippen molar-refractivity contribution in [3.05, 3.63) is 17.7 Å². The standard InChI is InChI=1S/C32H43ClF2N8O3/c33-23-11-24-21(14-37-41-24)25-20(23)6-3-10-45-31(44)38-19-5-1-2-8-42(16-19)29-22-13-36-28(25)26(35)27(22)39-30(40-29)46-17-32-7-4-9-43(32)15-18(34)12-32/h13,18-21,23-25,37,41H,1-12,14-17H2,(H,38,44)/t18-,19-,20?,21?,23?,24?,25?,32+/m1/s1. The highest BCUT2D eigenvalue weighted by Gasteiger charge is 2.50. The predicted molar refractivity (Wildman–Crippen MR) is 168 cm³/mol. The van der Waals surface area contributed by atoms with Gasteiger partial charge in [0.25, 0.3) is 0 Å². The van der Waals surface area contributed by atoms with E-state index in [4.69, 9.17) is 36.0 Å². The minimum atomic E-state index is -0.888. The Hall–Kier alpha value is -2.61. The van der Waals surface area contributed by atoms with Gasteiger partial charge in [0.2, 0.25) is 0 Å². The van der Waals surface area contributed by atoms with Crippen LogP contribution < -0.4 is 25.8 Å². The molecule has 6 bridgehead atoms. The summed E-state index contributed by atoms with van der Waals surface area (Å²) in [6.45, 7) is 3.58. The third-order valence-electron chi connectivity index (χ3n) is 11.4. The van der Waals surface area contributed by atoms with Gasteiger partial charge in [-0.25, -0.2) is 13.6 Å². The second-order valence-electron chi connectivity index (χ2n) is 14.2. The number of hydrogen-bond acceptors (Lipinski definition) is 10. The van der Waals surface area contributed by atoms with Gasteiger partial charge in [-0.15, -0.1) is 11.6 Å². The summed E-state index contributed by atoms with van der Waals surface area (Å²) >= 11 is 7.03. The summed E-state index contributed by atoms with van der Waals surface area (Å²) in [5.41, 5.74) is 6.74. The zero-order chi connectivity index (χ0) is 31.4. The molecule has 6 aliphatic heterocycles. The zero-order valence-electron chi connectivity index (χ0n) is 26.0. The summed E-state index contributed by atoms with van der Waals surface area (Å²) in [5.74, 6) is -0.207. The van der Waals surface area contributed by atoms with Gasteiger partial charge in [-0.05, 0) is 69.7 Å². The van der Waals surface area contributed by atoms with E-state index in [0.717, 1.165) is 45.1 Å². The molecule has 8 heterocycles. The molecule has 9 rings (SSSR count). The van der Waals surface area contributed by atoms with Crippen LogP contribution in [0.15, 0.2) is 6.20 Å². The number of halogens is 3. The van der Waals surface area contributed by atoms with Gasteiger partial charge in [-0.1, -0.05) is 0 Å². The number of pyridine rings is 1. The summed E-state index contributed by atoms with van der Waals surface area (Å²) < 4.78 is 43.6. The largest absolute Gasteiger partial charge is 0.461 e. The second kappa shape index (κ2) is 12.4. The summed E-state index contributed by atoms with van der Waals surface area (Å²) in [5, 5.41) is 3.35. The van der Waals surface area contributed by atoms with Crippen LogP contribution in [0.2, 0.25) is 0 Å². The molecule has 2 aromatic rings. The molecule has 7 aliphatic rings. The summed E-state index contributed by atoms with van der Waals surface area (Å²) in [4.78, 5) is 31.5. The number of hydrogen-bond donors (Lipinski definition) is 3. The molecule has 11 nitrogen and oxygen atoms in total. The molecule has 5 unspecified atom stereocenters. The van der Waals surface area contributed by atoms with E-state index in [1.165, 1.54) is 0 Å². The Morgan fingerprint density at radius 1 is 1.13 bits per heavy atom. The number of nitrogens with zero attached hydrogens (tertiary/aromatic N) is 5. The van der Waals surface area contributed by atoms with E-state index < -0.39 is 23.6 Å². The van der Waals surface area contributed by atoms with Gasteiger partial charge in [0.05, 0.1) is 23.2 Å². The molecule has 0 aromatic carbocycles. The third-order valence-corrected chi connectivity index (χ3v) is 11.9. The van der Waals surface area contributed by atoms with E-state index >= 15 is 4.39 Å². The molecule has 1 amide bonds. The van der Waals surface area contributed by atoms with Gasteiger partial charge in [0, 0.05) is 62.2 Å². The number of carbonyl (C=O) groups excluding carboxylic acids is 1. The van der Waals surface area contributed by atoms with E-state index in [2.05, 4.69) is 26.0 Å². The monoisotopic (exact) mass is 660 g/mol. The van der Waals surface area contributed by atoms with Crippen molar-refractivity contribution in [1.29, 1.82) is 0 Å². The first-order valence-electron chi connectivity index (χ1n) is 17.1. The van der Waals surface area contributed by atoms with E-state index in [0.29, 0.717) is 62.3 Å². The van der Waals surface area contributed by atoms with Crippen LogP contribution in [0.1, 0.15) is 69.4 Å². The zero-order valence-corrected chi connectivity index (χ0v) is 26.8. The van der Waals surface area contributed by atoms with Crippen molar-refractivity contribution in [2.24, 2.45) is 11.8 Å². The van der Waals surface area contributed by atoms with Crippen molar-refractivity contribution >= 4 is 34.4 Å². The molecule has 46 heavy (non-hydrogen) atoms. The quantitative estimate of drug-likeness (QED) is 0.420. The lowest BCUT2D eigenvalue weighted by atomic mass is 9.66. The first-order valence-corrected chi connectivity index (χ1v) is 17.5. The van der Waals surface area contributed by atoms with Crippen molar-refractivity contribution in [1.82, 2.24) is 36.0 Å². The van der Waals surface area contributed by atoms with Crippen LogP contribution in [0.5, 0.6) is 6.01 Å². The van der Waals surface area contributed by atoms with Gasteiger partial charge in [-0.2, -0.15) is 9.97 Å². The fourth-order valence-electron chi connectivity index (χ4n) is 9.26. The molecule has 0 spiro atoms. The van der Waals surface area contributed by atoms with Crippen LogP contribution >= 0.6 is 11.6 Å². The third kappa shape index (κ3) is 5.54. The van der Waals surface area contributed by atoms with Crippen LogP contribution in [0.25, 0.3) is 10.9 Å². The van der Waals surface area contributed by atoms with Gasteiger partial charge in [0.1, 0.15) is 24.1 Å². The Kier molecular flexibility index (Phi) is 8.31. The van der Waals surface area contributed by atoms with Crippen LogP contribution in [-0.4, -0.2) is 101 Å². The second-order valence-corrected chi connectivity index (χ2v) is 14.8. The maximum absolute atomic E-state index is 17.1. The fraction of sp³-hybridized carbons (Fsp3) is 0.750. The topological polar surface area (TPSA) is 117 Å². The minimum absolute atomic E-state index is 0.0737. The van der Waals surface area contributed by atoms with Gasteiger partial charge in [0.15, 0.2) is 5.82 Å². The Balaban J connectivity index is 1.24. The van der Waals surface area contributed by atoms with Crippen LogP contribution in [0.3, 0.4) is 0 Å². The highest BCUT2D eigenvalue weighted by atomic mass is 35.5. The molecule has 5 fully saturated rings. The van der Waals surface area contributed by atoms with Crippen molar-refractivity contribution in [2.75, 3.05) is 50.8 Å². The maximum Gasteiger partial charge on any atom is 0.407 e. The first kappa shape index (κ1) is 30.7. The molecule has 0 radical (unpaired) electrons. The molecule has 2 aromatic heterocycles. The summed E-state index contributed by atoms with van der Waals surface area (Å²) in [6.07, 6.45) is 7.26. The molecule has 1 aliphatic carbocycles. The van der Waals surface area contributed by atoms with Gasteiger partial charge >= 0.3 is 12.1 Å². The lowest BCUT2D eigenvalue weighted by Gasteiger charge is -2.42. The Bertz CT molecular complexity index is 1470. The van der Waals surface area contributed by atoms with Gasteiger partial charge in [-0.3, -0.25) is 20.7 Å². The van der Waals surface area contributed by atoms with Crippen molar-refractivity contribution in [2.45, 2.75) is 92.9 Å². The van der Waals surface area contributed by atoms with Crippen LogP contribution in [0, 0.1) is 17.7 Å². The molecule has 4 saturated heterocycles. The van der Waals surface area contributed by atoms with Gasteiger partial charge < -0.3 is 19.7 Å². The highest BCUT2D eigenvalue weighted by Crippen LogP contribution is 2.48. The number of hydrazine groups is 1. The van der Waals surface area contributed by atoms with Crippen molar-refractivity contribution in [3.63, 3.8) is 0 Å². The molecule has 250 valence electrons. The number of aromatic nitrogens is 3. The molecule has 14 heteroatoms. The molecular weight excluding hydrogens is 618 g/mol. The lowest BCUT2D eigenvalue weighted by Crippen LogP contribution is -2.46. The van der Waals surface area contributed by atoms with Crippen LogP contribution in [-0.2, 0) is 4.74 Å². The van der Waals surface area contributed by atoms with E-state index in [1.807, 2.05) is 0 Å². The van der Waals surface area contributed by atoms with E-state index in [9.17, 15) is 9.18 Å². The molecule has 8 atom stereocenters. The Morgan fingerprint density at radius 3 is 2.96 bits per heavy atom. The molecule has 1 saturated carbocycles. The SMILES string of the molecule is O=C1N[C@@H]2CCCCN(C2)c2nc(OC[C@@]34CCCN3C[C@H](F)C4)nc3c(F)c(ncc23)C2C(CCCO1)C(Cl)CC1NNCC12. The molecular formula is C32H43ClF2N8O3. The highest BCUT2D eigenvalue weighted by molar-refractivity contribution is 6.21. The number of nitrogens with one attached hydrogen (secondary N) is 3. The number of ether oxygens (including phenoxy) is 2. The first-order chi connectivity index (χ1) is 22.4. The number of carbonyl (C=O) groups is 1.